The lowest BCUT2D eigenvalue weighted by Gasteiger charge is -2.06. The molecule has 0 saturated carbocycles. The summed E-state index contributed by atoms with van der Waals surface area (Å²) in [6.07, 6.45) is 1.69. The molecule has 0 N–H and O–H groups in total. The lowest BCUT2D eigenvalue weighted by molar-refractivity contribution is 0.101. The second-order valence-corrected chi connectivity index (χ2v) is 4.58. The van der Waals surface area contributed by atoms with Gasteiger partial charge in [-0.2, -0.15) is 0 Å². The van der Waals surface area contributed by atoms with E-state index in [2.05, 4.69) is 0 Å². The third-order valence-corrected chi connectivity index (χ3v) is 3.25. The van der Waals surface area contributed by atoms with Crippen LogP contribution in [0.25, 0.3) is 6.08 Å². The fourth-order valence-corrected chi connectivity index (χ4v) is 2.20. The van der Waals surface area contributed by atoms with Crippen molar-refractivity contribution in [2.24, 2.45) is 0 Å². The molecule has 1 aliphatic rings. The molecule has 1 aliphatic heterocycles. The average molecular weight is 282 g/mol. The molecule has 0 radical (unpaired) electrons. The highest BCUT2D eigenvalue weighted by Crippen LogP contribution is 2.32. The van der Waals surface area contributed by atoms with Crippen molar-refractivity contribution >= 4 is 11.9 Å². The van der Waals surface area contributed by atoms with Crippen LogP contribution in [0.4, 0.5) is 0 Å². The highest BCUT2D eigenvalue weighted by molar-refractivity contribution is 6.14. The number of hydrogen-bond acceptors (Lipinski definition) is 4. The van der Waals surface area contributed by atoms with Crippen LogP contribution < -0.4 is 14.2 Å². The van der Waals surface area contributed by atoms with E-state index in [1.165, 1.54) is 0 Å². The molecule has 2 aromatic rings. The summed E-state index contributed by atoms with van der Waals surface area (Å²) in [5.74, 6) is 2.08. The van der Waals surface area contributed by atoms with Gasteiger partial charge >= 0.3 is 0 Å². The van der Waals surface area contributed by atoms with E-state index in [1.54, 1.807) is 38.5 Å². The van der Waals surface area contributed by atoms with E-state index in [0.29, 0.717) is 28.6 Å². The second-order valence-electron chi connectivity index (χ2n) is 4.58. The fourth-order valence-electron chi connectivity index (χ4n) is 2.20. The Hall–Kier alpha value is -2.75. The predicted molar refractivity (Wildman–Crippen MR) is 78.9 cm³/mol. The summed E-state index contributed by atoms with van der Waals surface area (Å²) >= 11 is 0. The van der Waals surface area contributed by atoms with Gasteiger partial charge < -0.3 is 14.2 Å². The molecule has 0 saturated heterocycles. The molecule has 0 bridgehead atoms. The molecule has 0 aromatic heterocycles. The van der Waals surface area contributed by atoms with E-state index < -0.39 is 0 Å². The molecule has 0 unspecified atom stereocenters. The van der Waals surface area contributed by atoms with Crippen LogP contribution in [-0.4, -0.2) is 20.0 Å². The Labute approximate surface area is 122 Å². The molecule has 3 rings (SSSR count). The van der Waals surface area contributed by atoms with Crippen molar-refractivity contribution in [2.75, 3.05) is 14.2 Å². The van der Waals surface area contributed by atoms with Gasteiger partial charge in [0.25, 0.3) is 0 Å². The minimum Gasteiger partial charge on any atom is -0.497 e. The lowest BCUT2D eigenvalue weighted by Crippen LogP contribution is -1.98. The van der Waals surface area contributed by atoms with E-state index in [0.717, 1.165) is 5.56 Å². The first-order valence-electron chi connectivity index (χ1n) is 6.47. The van der Waals surface area contributed by atoms with Crippen molar-refractivity contribution in [2.45, 2.75) is 0 Å². The highest BCUT2D eigenvalue weighted by Gasteiger charge is 2.26. The van der Waals surface area contributed by atoms with Gasteiger partial charge in [0.15, 0.2) is 5.76 Å². The summed E-state index contributed by atoms with van der Waals surface area (Å²) in [6, 6.07) is 12.6. The number of benzene rings is 2. The standard InChI is InChI=1S/C17H14O4/c1-19-12-7-11(8-13(10-12)20-2)9-16-17(18)14-5-3-4-6-15(14)21-16/h3-10H,1-2H3/b16-9-. The van der Waals surface area contributed by atoms with Crippen molar-refractivity contribution in [3.05, 3.63) is 59.4 Å². The van der Waals surface area contributed by atoms with Crippen molar-refractivity contribution in [1.29, 1.82) is 0 Å². The zero-order chi connectivity index (χ0) is 14.8. The molecule has 21 heavy (non-hydrogen) atoms. The van der Waals surface area contributed by atoms with Crippen molar-refractivity contribution in [3.8, 4) is 17.2 Å². The number of carbonyl (C=O) groups excluding carboxylic acids is 1. The number of fused-ring (bicyclic) bond motifs is 1. The SMILES string of the molecule is COc1cc(/C=C2\Oc3ccccc3C2=O)cc(OC)c1. The smallest absolute Gasteiger partial charge is 0.231 e. The molecule has 106 valence electrons. The van der Waals surface area contributed by atoms with Crippen LogP contribution in [0.1, 0.15) is 15.9 Å². The van der Waals surface area contributed by atoms with Crippen LogP contribution in [0.15, 0.2) is 48.2 Å². The number of carbonyl (C=O) groups is 1. The number of para-hydroxylation sites is 1. The molecule has 0 amide bonds. The topological polar surface area (TPSA) is 44.8 Å². The summed E-state index contributed by atoms with van der Waals surface area (Å²) < 4.78 is 16.0. The molecule has 0 fully saturated rings. The quantitative estimate of drug-likeness (QED) is 0.810. The number of rotatable bonds is 3. The fraction of sp³-hybridized carbons (Fsp3) is 0.118. The van der Waals surface area contributed by atoms with Crippen LogP contribution in [0.5, 0.6) is 17.2 Å². The van der Waals surface area contributed by atoms with E-state index >= 15 is 0 Å². The third kappa shape index (κ3) is 2.48. The Balaban J connectivity index is 1.99. The number of hydrogen-bond donors (Lipinski definition) is 0. The van der Waals surface area contributed by atoms with Gasteiger partial charge in [-0.25, -0.2) is 0 Å². The Morgan fingerprint density at radius 2 is 1.67 bits per heavy atom. The van der Waals surface area contributed by atoms with Crippen LogP contribution in [0, 0.1) is 0 Å². The van der Waals surface area contributed by atoms with Gasteiger partial charge in [0, 0.05) is 6.07 Å². The highest BCUT2D eigenvalue weighted by atomic mass is 16.5. The minimum atomic E-state index is -0.118. The zero-order valence-corrected chi connectivity index (χ0v) is 11.8. The van der Waals surface area contributed by atoms with Crippen molar-refractivity contribution in [1.82, 2.24) is 0 Å². The molecule has 0 aliphatic carbocycles. The predicted octanol–water partition coefficient (Wildman–Crippen LogP) is 3.32. The van der Waals surface area contributed by atoms with Crippen LogP contribution >= 0.6 is 0 Å². The van der Waals surface area contributed by atoms with E-state index in [-0.39, 0.29) is 5.78 Å². The van der Waals surface area contributed by atoms with Gasteiger partial charge in [-0.3, -0.25) is 4.79 Å². The van der Waals surface area contributed by atoms with E-state index in [9.17, 15) is 4.79 Å². The van der Waals surface area contributed by atoms with Gasteiger partial charge in [0.2, 0.25) is 5.78 Å². The average Bonchev–Trinajstić information content (AvgIpc) is 2.83. The Kier molecular flexibility index (Phi) is 3.36. The Bertz CT molecular complexity index is 709. The maximum atomic E-state index is 12.3. The van der Waals surface area contributed by atoms with Gasteiger partial charge in [-0.15, -0.1) is 0 Å². The van der Waals surface area contributed by atoms with Crippen LogP contribution in [-0.2, 0) is 0 Å². The van der Waals surface area contributed by atoms with E-state index in [1.807, 2.05) is 24.3 Å². The molecule has 2 aromatic carbocycles. The lowest BCUT2D eigenvalue weighted by atomic mass is 10.1. The number of allylic oxidation sites excluding steroid dienone is 1. The summed E-state index contributed by atoms with van der Waals surface area (Å²) in [7, 11) is 3.16. The number of ether oxygens (including phenoxy) is 3. The van der Waals surface area contributed by atoms with Gasteiger partial charge in [-0.05, 0) is 35.9 Å². The number of methoxy groups -OCH3 is 2. The molecule has 1 heterocycles. The normalized spacial score (nSPS) is 14.8. The summed E-state index contributed by atoms with van der Waals surface area (Å²) in [6.45, 7) is 0. The number of Topliss-reactive ketones (excluding diaryl/α,β-unsaturated/α-hetero) is 1. The van der Waals surface area contributed by atoms with Gasteiger partial charge in [0.05, 0.1) is 19.8 Å². The maximum Gasteiger partial charge on any atom is 0.231 e. The second kappa shape index (κ2) is 5.32. The third-order valence-electron chi connectivity index (χ3n) is 3.25. The van der Waals surface area contributed by atoms with Crippen molar-refractivity contribution < 1.29 is 19.0 Å². The Morgan fingerprint density at radius 3 is 2.29 bits per heavy atom. The summed E-state index contributed by atoms with van der Waals surface area (Å²) in [5.41, 5.74) is 1.36. The van der Waals surface area contributed by atoms with Gasteiger partial charge in [-0.1, -0.05) is 12.1 Å². The molecular weight excluding hydrogens is 268 g/mol. The molecule has 4 heteroatoms. The first-order chi connectivity index (χ1) is 10.2. The maximum absolute atomic E-state index is 12.3. The first kappa shape index (κ1) is 13.2. The largest absolute Gasteiger partial charge is 0.497 e. The molecule has 0 spiro atoms. The van der Waals surface area contributed by atoms with Crippen LogP contribution in [0.2, 0.25) is 0 Å². The van der Waals surface area contributed by atoms with Crippen LogP contribution in [0.3, 0.4) is 0 Å². The number of ketones is 1. The molecule has 4 nitrogen and oxygen atoms in total. The Morgan fingerprint density at radius 1 is 1.00 bits per heavy atom. The molecule has 0 atom stereocenters. The monoisotopic (exact) mass is 282 g/mol. The van der Waals surface area contributed by atoms with E-state index in [4.69, 9.17) is 14.2 Å². The van der Waals surface area contributed by atoms with Crippen molar-refractivity contribution in [3.63, 3.8) is 0 Å². The van der Waals surface area contributed by atoms with Gasteiger partial charge in [0.1, 0.15) is 17.2 Å². The zero-order valence-electron chi connectivity index (χ0n) is 11.8. The summed E-state index contributed by atoms with van der Waals surface area (Å²) in [4.78, 5) is 12.3. The summed E-state index contributed by atoms with van der Waals surface area (Å²) in [5, 5.41) is 0. The minimum absolute atomic E-state index is 0.118. The molecular formula is C17H14O4. The first-order valence-corrected chi connectivity index (χ1v) is 6.47.